The highest BCUT2D eigenvalue weighted by Crippen LogP contribution is 2.22. The van der Waals surface area contributed by atoms with Gasteiger partial charge in [0.2, 0.25) is 0 Å². The molecular formula is C7H6ClN3O3. The molecule has 6 nitrogen and oxygen atoms in total. The number of hydrogen-bond acceptors (Lipinski definition) is 4. The van der Waals surface area contributed by atoms with E-state index in [2.05, 4.69) is 0 Å². The fourth-order valence-corrected chi connectivity index (χ4v) is 1.10. The number of nitro groups is 1. The monoisotopic (exact) mass is 215 g/mol. The molecule has 0 atom stereocenters. The summed E-state index contributed by atoms with van der Waals surface area (Å²) in [4.78, 5) is 20.9. The molecule has 0 heterocycles. The second kappa shape index (κ2) is 4.03. The van der Waals surface area contributed by atoms with Crippen molar-refractivity contribution in [1.82, 2.24) is 5.43 Å². The smallest absolute Gasteiger partial charge is 0.282 e. The Balaban J connectivity index is 3.29. The van der Waals surface area contributed by atoms with Gasteiger partial charge in [-0.05, 0) is 12.1 Å². The molecule has 1 aromatic carbocycles. The van der Waals surface area contributed by atoms with E-state index in [0.29, 0.717) is 0 Å². The minimum atomic E-state index is -0.751. The average molecular weight is 216 g/mol. The number of nitrogens with one attached hydrogen (secondary N) is 1. The third-order valence-corrected chi connectivity index (χ3v) is 1.77. The minimum Gasteiger partial charge on any atom is -0.290 e. The number of nitrogens with two attached hydrogens (primary N) is 1. The highest BCUT2D eigenvalue weighted by Gasteiger charge is 2.19. The number of benzene rings is 1. The molecule has 0 saturated heterocycles. The highest BCUT2D eigenvalue weighted by molar-refractivity contribution is 6.31. The number of hydrogen-bond donors (Lipinski definition) is 2. The molecule has 1 amide bonds. The standard InChI is InChI=1S/C7H6ClN3O3/c8-4-1-2-6(11(13)14)5(3-4)7(12)10-9/h1-3H,9H2,(H,10,12). The van der Waals surface area contributed by atoms with Gasteiger partial charge >= 0.3 is 0 Å². The average Bonchev–Trinajstić information content (AvgIpc) is 2.16. The molecule has 0 bridgehead atoms. The lowest BCUT2D eigenvalue weighted by Crippen LogP contribution is -2.30. The molecule has 0 unspecified atom stereocenters. The van der Waals surface area contributed by atoms with Crippen LogP contribution in [0.2, 0.25) is 5.02 Å². The Hall–Kier alpha value is -1.66. The van der Waals surface area contributed by atoms with E-state index in [1.807, 2.05) is 0 Å². The van der Waals surface area contributed by atoms with E-state index >= 15 is 0 Å². The number of rotatable bonds is 2. The molecule has 0 aliphatic rings. The van der Waals surface area contributed by atoms with Crippen LogP contribution in [0.25, 0.3) is 0 Å². The van der Waals surface area contributed by atoms with Gasteiger partial charge in [0, 0.05) is 11.1 Å². The molecule has 0 aromatic heterocycles. The molecule has 7 heteroatoms. The first-order chi connectivity index (χ1) is 6.56. The molecule has 0 aliphatic carbocycles. The van der Waals surface area contributed by atoms with Crippen molar-refractivity contribution < 1.29 is 9.72 Å². The van der Waals surface area contributed by atoms with Crippen molar-refractivity contribution in [1.29, 1.82) is 0 Å². The van der Waals surface area contributed by atoms with E-state index in [1.165, 1.54) is 12.1 Å². The van der Waals surface area contributed by atoms with Crippen molar-refractivity contribution in [2.24, 2.45) is 5.84 Å². The van der Waals surface area contributed by atoms with E-state index in [0.717, 1.165) is 6.07 Å². The van der Waals surface area contributed by atoms with Crippen molar-refractivity contribution in [2.75, 3.05) is 0 Å². The summed E-state index contributed by atoms with van der Waals surface area (Å²) >= 11 is 5.58. The Labute approximate surface area is 83.8 Å². The van der Waals surface area contributed by atoms with Gasteiger partial charge in [-0.3, -0.25) is 20.3 Å². The van der Waals surface area contributed by atoms with E-state index in [1.54, 1.807) is 5.43 Å². The molecule has 14 heavy (non-hydrogen) atoms. The SMILES string of the molecule is NNC(=O)c1cc(Cl)ccc1[N+](=O)[O-]. The van der Waals surface area contributed by atoms with Crippen LogP contribution < -0.4 is 11.3 Å². The first-order valence-electron chi connectivity index (χ1n) is 3.51. The van der Waals surface area contributed by atoms with Crippen LogP contribution in [0.15, 0.2) is 18.2 Å². The van der Waals surface area contributed by atoms with Crippen LogP contribution in [0.1, 0.15) is 10.4 Å². The van der Waals surface area contributed by atoms with Crippen molar-refractivity contribution in [3.63, 3.8) is 0 Å². The van der Waals surface area contributed by atoms with Crippen LogP contribution >= 0.6 is 11.6 Å². The molecule has 0 fully saturated rings. The number of carbonyl (C=O) groups excluding carboxylic acids is 1. The zero-order valence-corrected chi connectivity index (χ0v) is 7.62. The van der Waals surface area contributed by atoms with Crippen LogP contribution in [0.4, 0.5) is 5.69 Å². The molecule has 0 saturated carbocycles. The lowest BCUT2D eigenvalue weighted by molar-refractivity contribution is -0.385. The fourth-order valence-electron chi connectivity index (χ4n) is 0.927. The van der Waals surface area contributed by atoms with E-state index in [9.17, 15) is 14.9 Å². The van der Waals surface area contributed by atoms with Gasteiger partial charge < -0.3 is 0 Å². The number of halogens is 1. The van der Waals surface area contributed by atoms with Crippen LogP contribution in [0, 0.1) is 10.1 Å². The third-order valence-electron chi connectivity index (χ3n) is 1.53. The lowest BCUT2D eigenvalue weighted by atomic mass is 10.2. The maximum absolute atomic E-state index is 11.1. The van der Waals surface area contributed by atoms with Gasteiger partial charge in [-0.2, -0.15) is 0 Å². The van der Waals surface area contributed by atoms with E-state index in [4.69, 9.17) is 17.4 Å². The molecule has 3 N–H and O–H groups in total. The molecule has 74 valence electrons. The predicted molar refractivity (Wildman–Crippen MR) is 49.8 cm³/mol. The summed E-state index contributed by atoms with van der Waals surface area (Å²) in [5.74, 6) is 4.11. The molecule has 0 radical (unpaired) electrons. The normalized spacial score (nSPS) is 9.57. The molecule has 1 rings (SSSR count). The second-order valence-electron chi connectivity index (χ2n) is 2.39. The number of carbonyl (C=O) groups is 1. The number of hydrazine groups is 1. The minimum absolute atomic E-state index is 0.162. The Bertz CT molecular complexity index is 394. The number of nitrogens with zero attached hydrogens (tertiary/aromatic N) is 1. The van der Waals surface area contributed by atoms with Crippen LogP contribution in [0.5, 0.6) is 0 Å². The zero-order chi connectivity index (χ0) is 10.7. The summed E-state index contributed by atoms with van der Waals surface area (Å²) < 4.78 is 0. The van der Waals surface area contributed by atoms with Gasteiger partial charge in [0.1, 0.15) is 5.56 Å². The molecule has 0 spiro atoms. The predicted octanol–water partition coefficient (Wildman–Crippen LogP) is 0.852. The van der Waals surface area contributed by atoms with Crippen molar-refractivity contribution in [3.05, 3.63) is 38.9 Å². The second-order valence-corrected chi connectivity index (χ2v) is 2.83. The van der Waals surface area contributed by atoms with Gasteiger partial charge in [-0.25, -0.2) is 5.84 Å². The van der Waals surface area contributed by atoms with Gasteiger partial charge in [0.15, 0.2) is 0 Å². The zero-order valence-electron chi connectivity index (χ0n) is 6.86. The first kappa shape index (κ1) is 10.4. The van der Waals surface area contributed by atoms with E-state index < -0.39 is 10.8 Å². The first-order valence-corrected chi connectivity index (χ1v) is 3.89. The van der Waals surface area contributed by atoms with Crippen LogP contribution in [-0.4, -0.2) is 10.8 Å². The number of nitrogen functional groups attached to an aromatic ring is 1. The van der Waals surface area contributed by atoms with Crippen molar-refractivity contribution in [3.8, 4) is 0 Å². The summed E-state index contributed by atoms with van der Waals surface area (Å²) in [6.07, 6.45) is 0. The topological polar surface area (TPSA) is 98.3 Å². The summed E-state index contributed by atoms with van der Waals surface area (Å²) in [6, 6.07) is 3.65. The van der Waals surface area contributed by atoms with Gasteiger partial charge in [0.05, 0.1) is 4.92 Å². The van der Waals surface area contributed by atoms with Crippen molar-refractivity contribution in [2.45, 2.75) is 0 Å². The third kappa shape index (κ3) is 1.98. The molecule has 1 aromatic rings. The summed E-state index contributed by atoms with van der Waals surface area (Å²) in [7, 11) is 0. The quantitative estimate of drug-likeness (QED) is 0.331. The van der Waals surface area contributed by atoms with Crippen LogP contribution in [-0.2, 0) is 0 Å². The number of amides is 1. The van der Waals surface area contributed by atoms with Gasteiger partial charge in [-0.1, -0.05) is 11.6 Å². The van der Waals surface area contributed by atoms with E-state index in [-0.39, 0.29) is 16.3 Å². The highest BCUT2D eigenvalue weighted by atomic mass is 35.5. The number of nitro benzene ring substituents is 1. The van der Waals surface area contributed by atoms with Crippen molar-refractivity contribution >= 4 is 23.2 Å². The van der Waals surface area contributed by atoms with Gasteiger partial charge in [0.25, 0.3) is 11.6 Å². The van der Waals surface area contributed by atoms with Crippen LogP contribution in [0.3, 0.4) is 0 Å². The Kier molecular flexibility index (Phi) is 3.00. The summed E-state index contributed by atoms with van der Waals surface area (Å²) in [5.41, 5.74) is 1.30. The maximum atomic E-state index is 11.1. The van der Waals surface area contributed by atoms with Gasteiger partial charge in [-0.15, -0.1) is 0 Å². The maximum Gasteiger partial charge on any atom is 0.282 e. The Morgan fingerprint density at radius 3 is 2.71 bits per heavy atom. The summed E-state index contributed by atoms with van der Waals surface area (Å²) in [5, 5.41) is 10.7. The Morgan fingerprint density at radius 2 is 2.21 bits per heavy atom. The lowest BCUT2D eigenvalue weighted by Gasteiger charge is -2.01. The molecular weight excluding hydrogens is 210 g/mol. The largest absolute Gasteiger partial charge is 0.290 e. The summed E-state index contributed by atoms with van der Waals surface area (Å²) in [6.45, 7) is 0. The fraction of sp³-hybridized carbons (Fsp3) is 0. The molecule has 0 aliphatic heterocycles. The Morgan fingerprint density at radius 1 is 1.57 bits per heavy atom.